The van der Waals surface area contributed by atoms with E-state index in [4.69, 9.17) is 9.97 Å². The largest absolute Gasteiger partial charge is 0.310 e. The van der Waals surface area contributed by atoms with Gasteiger partial charge >= 0.3 is 0 Å². The molecule has 2 aliphatic heterocycles. The molecule has 9 aromatic rings. The fraction of sp³-hybridized carbons (Fsp3) is 0.120. The Morgan fingerprint density at radius 1 is 0.393 bits per heavy atom. The van der Waals surface area contributed by atoms with E-state index in [9.17, 15) is 8.78 Å². The monoisotopic (exact) mass is 730 g/mol. The SMILES string of the molecule is CC1(C)c2ccccc2N(c2ccc3c(c2)c2cc(N4c5ccccc5C(C)(C)c5ccccc54)ccc2c2nc4cc(F)c(F)cc4nc32)c2ccccc21. The Kier molecular flexibility index (Phi) is 6.69. The third kappa shape index (κ3) is 4.44. The van der Waals surface area contributed by atoms with Crippen LogP contribution in [0, 0.1) is 11.6 Å². The van der Waals surface area contributed by atoms with Crippen LogP contribution in [0.2, 0.25) is 0 Å². The Balaban J connectivity index is 1.23. The average Bonchev–Trinajstić information content (AvgIpc) is 3.21. The van der Waals surface area contributed by atoms with Crippen LogP contribution in [-0.4, -0.2) is 9.97 Å². The second-order valence-corrected chi connectivity index (χ2v) is 16.1. The van der Waals surface area contributed by atoms with E-state index in [0.29, 0.717) is 22.1 Å². The van der Waals surface area contributed by atoms with Gasteiger partial charge in [0.05, 0.1) is 44.8 Å². The normalized spacial score (nSPS) is 15.2. The van der Waals surface area contributed by atoms with Crippen molar-refractivity contribution in [1.29, 1.82) is 0 Å². The lowest BCUT2D eigenvalue weighted by Gasteiger charge is -2.42. The van der Waals surface area contributed by atoms with Crippen molar-refractivity contribution >= 4 is 77.7 Å². The molecule has 0 saturated heterocycles. The van der Waals surface area contributed by atoms with Crippen LogP contribution in [-0.2, 0) is 10.8 Å². The van der Waals surface area contributed by atoms with Crippen molar-refractivity contribution in [3.05, 3.63) is 179 Å². The summed E-state index contributed by atoms with van der Waals surface area (Å²) in [6.45, 7) is 9.16. The number of hydrogen-bond donors (Lipinski definition) is 0. The van der Waals surface area contributed by atoms with Gasteiger partial charge in [-0.1, -0.05) is 113 Å². The molecule has 0 unspecified atom stereocenters. The minimum absolute atomic E-state index is 0.195. The van der Waals surface area contributed by atoms with E-state index >= 15 is 0 Å². The number of hydrogen-bond acceptors (Lipinski definition) is 4. The lowest BCUT2D eigenvalue weighted by atomic mass is 9.73. The maximum absolute atomic E-state index is 14.6. The second kappa shape index (κ2) is 11.4. The van der Waals surface area contributed by atoms with Crippen LogP contribution >= 0.6 is 0 Å². The van der Waals surface area contributed by atoms with Crippen LogP contribution in [0.25, 0.3) is 43.6 Å². The predicted octanol–water partition coefficient (Wildman–Crippen LogP) is 13.6. The Bertz CT molecular complexity index is 2840. The maximum atomic E-state index is 14.6. The molecule has 0 atom stereocenters. The molecule has 11 rings (SSSR count). The molecule has 6 heteroatoms. The van der Waals surface area contributed by atoms with Gasteiger partial charge in [-0.25, -0.2) is 18.7 Å². The highest BCUT2D eigenvalue weighted by Crippen LogP contribution is 2.54. The van der Waals surface area contributed by atoms with Gasteiger partial charge in [0.25, 0.3) is 0 Å². The molecule has 0 N–H and O–H groups in total. The van der Waals surface area contributed by atoms with Gasteiger partial charge in [-0.15, -0.1) is 0 Å². The first-order valence-electron chi connectivity index (χ1n) is 19.1. The highest BCUT2D eigenvalue weighted by molar-refractivity contribution is 6.25. The topological polar surface area (TPSA) is 32.3 Å². The molecule has 4 nitrogen and oxygen atoms in total. The number of halogens is 2. The highest BCUT2D eigenvalue weighted by Gasteiger charge is 2.38. The van der Waals surface area contributed by atoms with Gasteiger partial charge in [0.15, 0.2) is 11.6 Å². The van der Waals surface area contributed by atoms with E-state index in [1.54, 1.807) is 0 Å². The molecule has 1 aromatic heterocycles. The fourth-order valence-electron chi connectivity index (χ4n) is 9.52. The first-order valence-corrected chi connectivity index (χ1v) is 19.1. The summed E-state index contributed by atoms with van der Waals surface area (Å²) in [5, 5.41) is 3.74. The zero-order valence-electron chi connectivity index (χ0n) is 31.4. The molecule has 3 heterocycles. The molecular weight excluding hydrogens is 695 g/mol. The van der Waals surface area contributed by atoms with Gasteiger partial charge in [-0.05, 0) is 81.6 Å². The van der Waals surface area contributed by atoms with Gasteiger partial charge in [-0.3, -0.25) is 0 Å². The number of para-hydroxylation sites is 4. The summed E-state index contributed by atoms with van der Waals surface area (Å²) in [5.74, 6) is -1.89. The molecule has 0 saturated carbocycles. The van der Waals surface area contributed by atoms with E-state index in [1.165, 1.54) is 22.3 Å². The number of aromatic nitrogens is 2. The standard InChI is InChI=1S/C50H36F2N4/c1-49(2)35-13-5-9-17-43(35)55(44-18-10-6-14-36(44)49)29-21-23-31-33(25-29)34-26-30(22-24-32(34)48-47(31)53-41-27-39(51)40(52)28-42(41)54-48)56-45-19-11-7-15-37(45)50(3,4)38-16-8-12-20-46(38)56/h5-28H,1-4H3. The van der Waals surface area contributed by atoms with Crippen LogP contribution in [0.4, 0.5) is 42.9 Å². The lowest BCUT2D eigenvalue weighted by Crippen LogP contribution is -2.30. The van der Waals surface area contributed by atoms with Crippen LogP contribution < -0.4 is 9.80 Å². The smallest absolute Gasteiger partial charge is 0.161 e. The summed E-state index contributed by atoms with van der Waals surface area (Å²) in [4.78, 5) is 14.7. The van der Waals surface area contributed by atoms with Crippen LogP contribution in [0.5, 0.6) is 0 Å². The molecule has 0 aliphatic carbocycles. The zero-order valence-corrected chi connectivity index (χ0v) is 31.4. The lowest BCUT2D eigenvalue weighted by molar-refractivity contribution is 0.510. The van der Waals surface area contributed by atoms with Gasteiger partial charge < -0.3 is 9.80 Å². The summed E-state index contributed by atoms with van der Waals surface area (Å²) < 4.78 is 29.2. The average molecular weight is 731 g/mol. The number of benzene rings is 8. The molecule has 0 fully saturated rings. The number of rotatable bonds is 2. The molecule has 8 aromatic carbocycles. The van der Waals surface area contributed by atoms with Gasteiger partial charge in [0.1, 0.15) is 0 Å². The van der Waals surface area contributed by atoms with Gasteiger partial charge in [0.2, 0.25) is 0 Å². The minimum Gasteiger partial charge on any atom is -0.310 e. The second-order valence-electron chi connectivity index (χ2n) is 16.1. The van der Waals surface area contributed by atoms with E-state index in [2.05, 4.69) is 171 Å². The maximum Gasteiger partial charge on any atom is 0.161 e. The molecule has 0 amide bonds. The summed E-state index contributed by atoms with van der Waals surface area (Å²) in [7, 11) is 0. The van der Waals surface area contributed by atoms with E-state index in [0.717, 1.165) is 67.8 Å². The molecule has 0 spiro atoms. The van der Waals surface area contributed by atoms with E-state index < -0.39 is 11.6 Å². The Morgan fingerprint density at radius 2 is 0.714 bits per heavy atom. The third-order valence-corrected chi connectivity index (χ3v) is 12.3. The Labute approximate surface area is 323 Å². The molecule has 0 radical (unpaired) electrons. The minimum atomic E-state index is -0.946. The van der Waals surface area contributed by atoms with Crippen molar-refractivity contribution in [3.8, 4) is 0 Å². The zero-order chi connectivity index (χ0) is 38.1. The first kappa shape index (κ1) is 32.7. The van der Waals surface area contributed by atoms with Crippen molar-refractivity contribution in [2.45, 2.75) is 38.5 Å². The molecule has 270 valence electrons. The third-order valence-electron chi connectivity index (χ3n) is 12.3. The van der Waals surface area contributed by atoms with Crippen molar-refractivity contribution in [2.24, 2.45) is 0 Å². The van der Waals surface area contributed by atoms with Crippen LogP contribution in [0.1, 0.15) is 49.9 Å². The summed E-state index contributed by atoms with van der Waals surface area (Å²) >= 11 is 0. The van der Waals surface area contributed by atoms with Crippen molar-refractivity contribution in [2.75, 3.05) is 9.80 Å². The van der Waals surface area contributed by atoms with Crippen molar-refractivity contribution < 1.29 is 8.78 Å². The summed E-state index contributed by atoms with van der Waals surface area (Å²) in [6, 6.07) is 49.9. The molecule has 2 aliphatic rings. The summed E-state index contributed by atoms with van der Waals surface area (Å²) in [5.41, 5.74) is 13.1. The fourth-order valence-corrected chi connectivity index (χ4v) is 9.52. The van der Waals surface area contributed by atoms with Crippen molar-refractivity contribution in [3.63, 3.8) is 0 Å². The highest BCUT2D eigenvalue weighted by atomic mass is 19.2. The summed E-state index contributed by atoms with van der Waals surface area (Å²) in [6.07, 6.45) is 0. The first-order chi connectivity index (χ1) is 27.1. The van der Waals surface area contributed by atoms with Crippen LogP contribution in [0.15, 0.2) is 146 Å². The predicted molar refractivity (Wildman–Crippen MR) is 226 cm³/mol. The number of fused-ring (bicyclic) bond motifs is 11. The molecule has 0 bridgehead atoms. The molecular formula is C50H36F2N4. The van der Waals surface area contributed by atoms with Gasteiger partial charge in [-0.2, -0.15) is 0 Å². The van der Waals surface area contributed by atoms with E-state index in [1.807, 2.05) is 0 Å². The Hall–Kier alpha value is -6.66. The Morgan fingerprint density at radius 3 is 1.05 bits per heavy atom. The van der Waals surface area contributed by atoms with Crippen molar-refractivity contribution in [1.82, 2.24) is 9.97 Å². The number of anilines is 6. The van der Waals surface area contributed by atoms with E-state index in [-0.39, 0.29) is 10.8 Å². The van der Waals surface area contributed by atoms with Crippen LogP contribution in [0.3, 0.4) is 0 Å². The number of nitrogens with zero attached hydrogens (tertiary/aromatic N) is 4. The van der Waals surface area contributed by atoms with Gasteiger partial charge in [0, 0.05) is 45.1 Å². The quantitative estimate of drug-likeness (QED) is 0.131. The molecule has 56 heavy (non-hydrogen) atoms.